The summed E-state index contributed by atoms with van der Waals surface area (Å²) in [6.07, 6.45) is 15.4. The van der Waals surface area contributed by atoms with Gasteiger partial charge in [0.1, 0.15) is 5.65 Å². The number of rotatable bonds is 6. The van der Waals surface area contributed by atoms with E-state index in [4.69, 9.17) is 0 Å². The van der Waals surface area contributed by atoms with Gasteiger partial charge in [-0.3, -0.25) is 15.1 Å². The molecule has 0 amide bonds. The Morgan fingerprint density at radius 3 is 2.64 bits per heavy atom. The molecule has 6 aromatic heterocycles. The zero-order chi connectivity index (χ0) is 26.2. The molecule has 0 spiro atoms. The number of nitrogens with one attached hydrogen (secondary N) is 3. The topological polar surface area (TPSA) is 108 Å². The molecule has 1 aliphatic carbocycles. The first kappa shape index (κ1) is 23.3. The number of nitrogens with zero attached hydrogens (tertiary/aromatic N) is 5. The average molecular weight is 513 g/mol. The van der Waals surface area contributed by atoms with E-state index in [1.165, 1.54) is 32.1 Å². The van der Waals surface area contributed by atoms with Crippen molar-refractivity contribution in [2.75, 3.05) is 5.32 Å². The van der Waals surface area contributed by atoms with Gasteiger partial charge in [-0.15, -0.1) is 0 Å². The molecular formula is C31H28N8. The first-order chi connectivity index (χ1) is 19.2. The van der Waals surface area contributed by atoms with E-state index in [2.05, 4.69) is 65.2 Å². The molecule has 39 heavy (non-hydrogen) atoms. The lowest BCUT2D eigenvalue weighted by atomic mass is 9.87. The third kappa shape index (κ3) is 4.44. The van der Waals surface area contributed by atoms with Crippen LogP contribution >= 0.6 is 0 Å². The second-order valence-electron chi connectivity index (χ2n) is 10.2. The summed E-state index contributed by atoms with van der Waals surface area (Å²) < 4.78 is 0. The van der Waals surface area contributed by atoms with Crippen LogP contribution in [0.4, 0.5) is 5.69 Å². The van der Waals surface area contributed by atoms with Crippen LogP contribution in [0.5, 0.6) is 0 Å². The highest BCUT2D eigenvalue weighted by Gasteiger charge is 2.18. The molecule has 8 nitrogen and oxygen atoms in total. The molecule has 1 saturated carbocycles. The van der Waals surface area contributed by atoms with Crippen LogP contribution in [0.1, 0.15) is 32.1 Å². The fourth-order valence-corrected chi connectivity index (χ4v) is 5.57. The molecule has 8 heteroatoms. The van der Waals surface area contributed by atoms with E-state index in [0.717, 1.165) is 61.6 Å². The summed E-state index contributed by atoms with van der Waals surface area (Å²) in [5.41, 5.74) is 9.09. The predicted molar refractivity (Wildman–Crippen MR) is 155 cm³/mol. The maximum atomic E-state index is 4.64. The van der Waals surface area contributed by atoms with E-state index >= 15 is 0 Å². The van der Waals surface area contributed by atoms with Crippen LogP contribution in [-0.2, 0) is 0 Å². The summed E-state index contributed by atoms with van der Waals surface area (Å²) in [5, 5.41) is 13.1. The summed E-state index contributed by atoms with van der Waals surface area (Å²) in [7, 11) is 0. The summed E-state index contributed by atoms with van der Waals surface area (Å²) >= 11 is 0. The molecule has 6 heterocycles. The molecule has 0 aliphatic heterocycles. The lowest BCUT2D eigenvalue weighted by Crippen LogP contribution is -2.14. The molecule has 0 radical (unpaired) electrons. The van der Waals surface area contributed by atoms with E-state index in [0.29, 0.717) is 11.6 Å². The van der Waals surface area contributed by atoms with Crippen molar-refractivity contribution in [3.63, 3.8) is 0 Å². The van der Waals surface area contributed by atoms with Gasteiger partial charge in [-0.2, -0.15) is 5.10 Å². The van der Waals surface area contributed by atoms with Crippen molar-refractivity contribution in [2.24, 2.45) is 5.92 Å². The van der Waals surface area contributed by atoms with Gasteiger partial charge < -0.3 is 10.3 Å². The van der Waals surface area contributed by atoms with Crippen LogP contribution in [0.2, 0.25) is 0 Å². The van der Waals surface area contributed by atoms with Crippen molar-refractivity contribution in [1.29, 1.82) is 0 Å². The van der Waals surface area contributed by atoms with Gasteiger partial charge in [0, 0.05) is 57.9 Å². The number of H-pyrrole nitrogens is 2. The van der Waals surface area contributed by atoms with Crippen LogP contribution in [-0.4, -0.2) is 35.1 Å². The van der Waals surface area contributed by atoms with Crippen LogP contribution in [0.3, 0.4) is 0 Å². The predicted octanol–water partition coefficient (Wildman–Crippen LogP) is 7.13. The van der Waals surface area contributed by atoms with Crippen LogP contribution in [0.25, 0.3) is 55.8 Å². The van der Waals surface area contributed by atoms with Crippen LogP contribution < -0.4 is 5.32 Å². The third-order valence-corrected chi connectivity index (χ3v) is 7.63. The first-order valence-electron chi connectivity index (χ1n) is 13.4. The molecule has 0 saturated heterocycles. The Bertz CT molecular complexity index is 1790. The third-order valence-electron chi connectivity index (χ3n) is 7.63. The van der Waals surface area contributed by atoms with Crippen molar-refractivity contribution < 1.29 is 0 Å². The number of aromatic nitrogens is 7. The quantitative estimate of drug-likeness (QED) is 0.219. The molecule has 0 atom stereocenters. The molecule has 0 bridgehead atoms. The minimum absolute atomic E-state index is 0.526. The maximum absolute atomic E-state index is 4.64. The van der Waals surface area contributed by atoms with E-state index in [9.17, 15) is 0 Å². The van der Waals surface area contributed by atoms with E-state index in [1.807, 2.05) is 42.9 Å². The Morgan fingerprint density at radius 2 is 1.77 bits per heavy atom. The molecule has 0 aromatic carbocycles. The van der Waals surface area contributed by atoms with Gasteiger partial charge in [-0.25, -0.2) is 9.97 Å². The summed E-state index contributed by atoms with van der Waals surface area (Å²) in [6, 6.07) is 14.2. The zero-order valence-corrected chi connectivity index (χ0v) is 21.5. The largest absolute Gasteiger partial charge is 0.358 e. The van der Waals surface area contributed by atoms with Gasteiger partial charge in [0.15, 0.2) is 5.65 Å². The Labute approximate surface area is 225 Å². The Balaban J connectivity index is 1.23. The molecule has 3 N–H and O–H groups in total. The summed E-state index contributed by atoms with van der Waals surface area (Å²) in [5.74, 6) is 0.526. The van der Waals surface area contributed by atoms with Crippen molar-refractivity contribution in [3.8, 4) is 33.8 Å². The first-order valence-corrected chi connectivity index (χ1v) is 13.4. The van der Waals surface area contributed by atoms with E-state index in [-0.39, 0.29) is 0 Å². The summed E-state index contributed by atoms with van der Waals surface area (Å²) in [6.45, 7) is 4.32. The molecular weight excluding hydrogens is 484 g/mol. The Hall–Kier alpha value is -4.85. The van der Waals surface area contributed by atoms with Crippen molar-refractivity contribution in [3.05, 3.63) is 85.7 Å². The van der Waals surface area contributed by atoms with Crippen molar-refractivity contribution >= 4 is 27.8 Å². The number of fused-ring (bicyclic) bond motifs is 2. The Morgan fingerprint density at radius 1 is 0.872 bits per heavy atom. The van der Waals surface area contributed by atoms with Crippen molar-refractivity contribution in [1.82, 2.24) is 35.1 Å². The standard InChI is InChI=1S/C31H28N8/c1-19(20-7-3-2-4-8-20)36-23-13-21(16-32-18-23)22-14-26-29(38-39-31(26)35-17-22)28-15-25-24(10-12-34-30(25)37-28)27-9-5-6-11-33-27/h5-6,9-18,20,36H,1-4,7-8H2,(H,34,37)(H,35,38,39). The molecule has 1 aliphatic rings. The number of anilines is 1. The molecule has 192 valence electrons. The van der Waals surface area contributed by atoms with Crippen LogP contribution in [0.15, 0.2) is 85.7 Å². The number of pyridine rings is 4. The minimum atomic E-state index is 0.526. The van der Waals surface area contributed by atoms with Gasteiger partial charge in [0.25, 0.3) is 0 Å². The van der Waals surface area contributed by atoms with Crippen LogP contribution in [0, 0.1) is 5.92 Å². The molecule has 6 aromatic rings. The molecule has 0 unspecified atom stereocenters. The second kappa shape index (κ2) is 9.79. The smallest absolute Gasteiger partial charge is 0.181 e. The van der Waals surface area contributed by atoms with Gasteiger partial charge in [-0.1, -0.05) is 31.9 Å². The van der Waals surface area contributed by atoms with E-state index in [1.54, 1.807) is 12.4 Å². The fraction of sp³-hybridized carbons (Fsp3) is 0.194. The maximum Gasteiger partial charge on any atom is 0.181 e. The van der Waals surface area contributed by atoms with Gasteiger partial charge in [0.2, 0.25) is 0 Å². The fourth-order valence-electron chi connectivity index (χ4n) is 5.57. The SMILES string of the molecule is C=C(Nc1cncc(-c2cnc3n[nH]c(-c4cc5c(-c6ccccn6)ccnc5[nH]4)c3c2)c1)C1CCCCC1. The van der Waals surface area contributed by atoms with Gasteiger partial charge >= 0.3 is 0 Å². The number of hydrogen-bond acceptors (Lipinski definition) is 6. The average Bonchev–Trinajstić information content (AvgIpc) is 3.62. The lowest BCUT2D eigenvalue weighted by molar-refractivity contribution is 0.405. The summed E-state index contributed by atoms with van der Waals surface area (Å²) in [4.78, 5) is 21.7. The monoisotopic (exact) mass is 512 g/mol. The van der Waals surface area contributed by atoms with Gasteiger partial charge in [0.05, 0.1) is 29.0 Å². The van der Waals surface area contributed by atoms with Gasteiger partial charge in [-0.05, 0) is 55.2 Å². The second-order valence-corrected chi connectivity index (χ2v) is 10.2. The number of aromatic amines is 2. The molecule has 7 rings (SSSR count). The van der Waals surface area contributed by atoms with E-state index < -0.39 is 0 Å². The highest BCUT2D eigenvalue weighted by Crippen LogP contribution is 2.34. The highest BCUT2D eigenvalue weighted by atomic mass is 15.2. The normalized spacial score (nSPS) is 14.2. The zero-order valence-electron chi connectivity index (χ0n) is 21.5. The molecule has 1 fully saturated rings. The van der Waals surface area contributed by atoms with Crippen molar-refractivity contribution in [2.45, 2.75) is 32.1 Å². The number of hydrogen-bond donors (Lipinski definition) is 3. The highest BCUT2D eigenvalue weighted by molar-refractivity contribution is 5.99. The Kier molecular flexibility index (Phi) is 5.85. The number of allylic oxidation sites excluding steroid dienone is 1. The minimum Gasteiger partial charge on any atom is -0.358 e. The lowest BCUT2D eigenvalue weighted by Gasteiger charge is -2.24.